The molecule has 3 nitrogen and oxygen atoms in total. The van der Waals surface area contributed by atoms with E-state index in [1.807, 2.05) is 16.7 Å². The van der Waals surface area contributed by atoms with E-state index in [0.717, 1.165) is 32.6 Å². The number of rotatable bonds is 3. The highest BCUT2D eigenvalue weighted by Gasteiger charge is 2.22. The van der Waals surface area contributed by atoms with Crippen molar-refractivity contribution >= 4 is 17.7 Å². The van der Waals surface area contributed by atoms with E-state index in [4.69, 9.17) is 0 Å². The van der Waals surface area contributed by atoms with Gasteiger partial charge in [0.2, 0.25) is 5.91 Å². The van der Waals surface area contributed by atoms with Crippen LogP contribution in [0.5, 0.6) is 0 Å². The number of carbonyl (C=O) groups excluding carboxylic acids is 1. The topological polar surface area (TPSA) is 32.3 Å². The lowest BCUT2D eigenvalue weighted by atomic mass is 10.00. The Balaban J connectivity index is 1.51. The molecule has 0 bridgehead atoms. The van der Waals surface area contributed by atoms with Crippen molar-refractivity contribution in [2.45, 2.75) is 31.1 Å². The van der Waals surface area contributed by atoms with Crippen LogP contribution in [-0.2, 0) is 17.8 Å². The van der Waals surface area contributed by atoms with E-state index in [2.05, 4.69) is 29.6 Å². The Kier molecular flexibility index (Phi) is 4.63. The van der Waals surface area contributed by atoms with Gasteiger partial charge in [-0.3, -0.25) is 4.79 Å². The summed E-state index contributed by atoms with van der Waals surface area (Å²) in [5.41, 5.74) is 2.72. The van der Waals surface area contributed by atoms with Crippen LogP contribution in [0.4, 0.5) is 0 Å². The van der Waals surface area contributed by atoms with Crippen molar-refractivity contribution in [1.82, 2.24) is 10.2 Å². The van der Waals surface area contributed by atoms with Crippen LogP contribution in [-0.4, -0.2) is 41.4 Å². The van der Waals surface area contributed by atoms with Crippen molar-refractivity contribution in [2.24, 2.45) is 0 Å². The van der Waals surface area contributed by atoms with Gasteiger partial charge in [0.15, 0.2) is 0 Å². The van der Waals surface area contributed by atoms with Gasteiger partial charge in [0.1, 0.15) is 0 Å². The van der Waals surface area contributed by atoms with Crippen LogP contribution < -0.4 is 5.32 Å². The number of thioether (sulfide) groups is 1. The summed E-state index contributed by atoms with van der Waals surface area (Å²) in [7, 11) is 0. The highest BCUT2D eigenvalue weighted by Crippen LogP contribution is 2.22. The minimum atomic E-state index is 0.301. The third-order valence-corrected chi connectivity index (χ3v) is 5.46. The molecule has 3 rings (SSSR count). The number of nitrogens with zero attached hydrogens (tertiary/aromatic N) is 1. The molecule has 1 aromatic carbocycles. The SMILES string of the molecule is O=C(CSC1CCCNC1)N1CCc2ccccc2C1. The standard InChI is InChI=1S/C16H22N2OS/c19-16(12-20-15-6-3-8-17-10-15)18-9-7-13-4-1-2-5-14(13)11-18/h1-2,4-5,15,17H,3,6-12H2. The maximum absolute atomic E-state index is 12.3. The number of piperidine rings is 1. The fourth-order valence-electron chi connectivity index (χ4n) is 2.95. The molecule has 0 radical (unpaired) electrons. The predicted molar refractivity (Wildman–Crippen MR) is 83.9 cm³/mol. The first-order valence-electron chi connectivity index (χ1n) is 7.50. The van der Waals surface area contributed by atoms with Crippen molar-refractivity contribution < 1.29 is 4.79 Å². The van der Waals surface area contributed by atoms with Crippen LogP contribution in [0.2, 0.25) is 0 Å². The highest BCUT2D eigenvalue weighted by atomic mass is 32.2. The molecule has 0 saturated carbocycles. The summed E-state index contributed by atoms with van der Waals surface area (Å²) in [6.07, 6.45) is 3.48. The molecule has 2 heterocycles. The summed E-state index contributed by atoms with van der Waals surface area (Å²) in [5, 5.41) is 4.02. The van der Waals surface area contributed by atoms with Crippen molar-refractivity contribution in [3.05, 3.63) is 35.4 Å². The van der Waals surface area contributed by atoms with Crippen LogP contribution >= 0.6 is 11.8 Å². The molecular weight excluding hydrogens is 268 g/mol. The van der Waals surface area contributed by atoms with Gasteiger partial charge in [-0.05, 0) is 36.9 Å². The monoisotopic (exact) mass is 290 g/mol. The molecule has 1 atom stereocenters. The van der Waals surface area contributed by atoms with Gasteiger partial charge in [-0.1, -0.05) is 24.3 Å². The van der Waals surface area contributed by atoms with E-state index in [1.54, 1.807) is 0 Å². The maximum Gasteiger partial charge on any atom is 0.232 e. The van der Waals surface area contributed by atoms with E-state index in [-0.39, 0.29) is 0 Å². The van der Waals surface area contributed by atoms with E-state index in [9.17, 15) is 4.79 Å². The summed E-state index contributed by atoms with van der Waals surface area (Å²) < 4.78 is 0. The Morgan fingerprint density at radius 1 is 1.35 bits per heavy atom. The first-order chi connectivity index (χ1) is 9.83. The van der Waals surface area contributed by atoms with Crippen LogP contribution in [0.1, 0.15) is 24.0 Å². The first kappa shape index (κ1) is 14.0. The second-order valence-corrected chi connectivity index (χ2v) is 6.90. The van der Waals surface area contributed by atoms with E-state index in [1.165, 1.54) is 24.0 Å². The molecule has 0 spiro atoms. The summed E-state index contributed by atoms with van der Waals surface area (Å²) in [6, 6.07) is 8.48. The van der Waals surface area contributed by atoms with Crippen LogP contribution in [0, 0.1) is 0 Å². The fourth-order valence-corrected chi connectivity index (χ4v) is 4.08. The summed E-state index contributed by atoms with van der Waals surface area (Å²) in [5.74, 6) is 0.934. The van der Waals surface area contributed by atoms with Gasteiger partial charge in [-0.15, -0.1) is 11.8 Å². The molecule has 0 aromatic heterocycles. The maximum atomic E-state index is 12.3. The number of hydrogen-bond acceptors (Lipinski definition) is 3. The lowest BCUT2D eigenvalue weighted by Crippen LogP contribution is -2.38. The third-order valence-electron chi connectivity index (χ3n) is 4.18. The average molecular weight is 290 g/mol. The molecule has 1 N–H and O–H groups in total. The quantitative estimate of drug-likeness (QED) is 0.925. The lowest BCUT2D eigenvalue weighted by molar-refractivity contribution is -0.129. The molecule has 1 unspecified atom stereocenters. The zero-order valence-corrected chi connectivity index (χ0v) is 12.6. The van der Waals surface area contributed by atoms with Gasteiger partial charge in [0.05, 0.1) is 5.75 Å². The zero-order valence-electron chi connectivity index (χ0n) is 11.8. The third kappa shape index (κ3) is 3.36. The van der Waals surface area contributed by atoms with E-state index >= 15 is 0 Å². The molecule has 2 aliphatic rings. The molecule has 1 fully saturated rings. The second-order valence-electron chi connectivity index (χ2n) is 5.61. The minimum Gasteiger partial charge on any atom is -0.337 e. The Bertz CT molecular complexity index is 471. The molecule has 2 aliphatic heterocycles. The van der Waals surface area contributed by atoms with Gasteiger partial charge in [0.25, 0.3) is 0 Å². The normalized spacial score (nSPS) is 22.4. The molecule has 1 saturated heterocycles. The Morgan fingerprint density at radius 3 is 3.00 bits per heavy atom. The van der Waals surface area contributed by atoms with Gasteiger partial charge >= 0.3 is 0 Å². The summed E-state index contributed by atoms with van der Waals surface area (Å²) in [4.78, 5) is 14.4. The second kappa shape index (κ2) is 6.64. The van der Waals surface area contributed by atoms with Gasteiger partial charge in [-0.2, -0.15) is 0 Å². The van der Waals surface area contributed by atoms with Gasteiger partial charge in [0, 0.05) is 24.9 Å². The van der Waals surface area contributed by atoms with Crippen molar-refractivity contribution in [3.8, 4) is 0 Å². The summed E-state index contributed by atoms with van der Waals surface area (Å²) in [6.45, 7) is 3.85. The first-order valence-corrected chi connectivity index (χ1v) is 8.54. The molecule has 1 amide bonds. The number of amides is 1. The molecular formula is C16H22N2OS. The Hall–Kier alpha value is -1.00. The zero-order chi connectivity index (χ0) is 13.8. The Morgan fingerprint density at radius 2 is 2.20 bits per heavy atom. The average Bonchev–Trinajstić information content (AvgIpc) is 2.53. The molecule has 4 heteroatoms. The van der Waals surface area contributed by atoms with Crippen LogP contribution in [0.25, 0.3) is 0 Å². The predicted octanol–water partition coefficient (Wildman–Crippen LogP) is 2.06. The number of benzene rings is 1. The number of hydrogen-bond donors (Lipinski definition) is 1. The van der Waals surface area contributed by atoms with E-state index < -0.39 is 0 Å². The largest absolute Gasteiger partial charge is 0.337 e. The lowest BCUT2D eigenvalue weighted by Gasteiger charge is -2.29. The highest BCUT2D eigenvalue weighted by molar-refractivity contribution is 8.00. The number of fused-ring (bicyclic) bond motifs is 1. The van der Waals surface area contributed by atoms with Gasteiger partial charge < -0.3 is 10.2 Å². The van der Waals surface area contributed by atoms with E-state index in [0.29, 0.717) is 16.9 Å². The molecule has 20 heavy (non-hydrogen) atoms. The number of carbonyl (C=O) groups is 1. The molecule has 0 aliphatic carbocycles. The number of nitrogens with one attached hydrogen (secondary N) is 1. The van der Waals surface area contributed by atoms with Crippen molar-refractivity contribution in [2.75, 3.05) is 25.4 Å². The van der Waals surface area contributed by atoms with Crippen LogP contribution in [0.15, 0.2) is 24.3 Å². The van der Waals surface area contributed by atoms with Crippen LogP contribution in [0.3, 0.4) is 0 Å². The molecule has 108 valence electrons. The fraction of sp³-hybridized carbons (Fsp3) is 0.562. The van der Waals surface area contributed by atoms with Crippen molar-refractivity contribution in [1.29, 1.82) is 0 Å². The summed E-state index contributed by atoms with van der Waals surface area (Å²) >= 11 is 1.83. The van der Waals surface area contributed by atoms with Gasteiger partial charge in [-0.25, -0.2) is 0 Å². The van der Waals surface area contributed by atoms with Crippen molar-refractivity contribution in [3.63, 3.8) is 0 Å². The Labute approximate surface area is 125 Å². The minimum absolute atomic E-state index is 0.301. The molecule has 1 aromatic rings. The smallest absolute Gasteiger partial charge is 0.232 e.